The van der Waals surface area contributed by atoms with Crippen molar-refractivity contribution in [2.24, 2.45) is 5.41 Å². The Hall–Kier alpha value is -1.96. The third-order valence-electron chi connectivity index (χ3n) is 6.89. The van der Waals surface area contributed by atoms with Gasteiger partial charge in [0, 0.05) is 6.42 Å². The second kappa shape index (κ2) is 10.8. The number of carbonyl (C=O) groups is 1. The summed E-state index contributed by atoms with van der Waals surface area (Å²) in [6.45, 7) is 8.05. The average molecular weight is 491 g/mol. The molecule has 7 heteroatoms. The van der Waals surface area contributed by atoms with Crippen molar-refractivity contribution in [3.05, 3.63) is 47.1 Å². The lowest BCUT2D eigenvalue weighted by molar-refractivity contribution is -0.156. The standard InChI is InChI=1S/C27H38O6S/c1-5-6-13-34(31,32)25-10-7-19(14-18(25)2)23-16-20(28)11-12-27(3,4)24(23)9-8-22-15-21(29)17-26(30)33-22/h7-10,14,20-22,28-29H,5-6,11-13,15-17H2,1-4H3/t20?,21-,22-/m1/s1. The van der Waals surface area contributed by atoms with Gasteiger partial charge in [0.05, 0.1) is 29.3 Å². The van der Waals surface area contributed by atoms with Crippen molar-refractivity contribution < 1.29 is 28.2 Å². The van der Waals surface area contributed by atoms with Gasteiger partial charge in [0.25, 0.3) is 0 Å². The van der Waals surface area contributed by atoms with E-state index in [0.29, 0.717) is 36.1 Å². The number of esters is 1. The summed E-state index contributed by atoms with van der Waals surface area (Å²) in [5.41, 5.74) is 3.34. The number of aryl methyl sites for hydroxylation is 1. The van der Waals surface area contributed by atoms with E-state index in [0.717, 1.165) is 29.6 Å². The zero-order valence-electron chi connectivity index (χ0n) is 20.7. The molecule has 1 unspecified atom stereocenters. The topological polar surface area (TPSA) is 101 Å². The van der Waals surface area contributed by atoms with Crippen LogP contribution in [-0.2, 0) is 19.4 Å². The number of rotatable bonds is 7. The molecule has 2 aliphatic rings. The van der Waals surface area contributed by atoms with Crippen molar-refractivity contribution in [3.63, 3.8) is 0 Å². The summed E-state index contributed by atoms with van der Waals surface area (Å²) in [6, 6.07) is 5.43. The first-order valence-corrected chi connectivity index (χ1v) is 13.9. The van der Waals surface area contributed by atoms with Gasteiger partial charge in [0.1, 0.15) is 6.10 Å². The highest BCUT2D eigenvalue weighted by Gasteiger charge is 2.32. The van der Waals surface area contributed by atoms with Gasteiger partial charge in [-0.15, -0.1) is 0 Å². The lowest BCUT2D eigenvalue weighted by Gasteiger charge is -2.28. The first-order valence-electron chi connectivity index (χ1n) is 12.2. The van der Waals surface area contributed by atoms with E-state index in [1.807, 2.05) is 38.1 Å². The van der Waals surface area contributed by atoms with Crippen LogP contribution in [0.25, 0.3) is 5.57 Å². The SMILES string of the molecule is CCCCS(=O)(=O)c1ccc(C2=C(C=C[C@@H]3C[C@@H](O)CC(=O)O3)C(C)(C)CCC(O)C2)cc1C. The molecule has 1 saturated heterocycles. The van der Waals surface area contributed by atoms with Crippen LogP contribution in [0.1, 0.15) is 76.8 Å². The molecule has 3 atom stereocenters. The van der Waals surface area contributed by atoms with Gasteiger partial charge < -0.3 is 14.9 Å². The van der Waals surface area contributed by atoms with Gasteiger partial charge in [-0.25, -0.2) is 8.42 Å². The lowest BCUT2D eigenvalue weighted by atomic mass is 9.77. The minimum Gasteiger partial charge on any atom is -0.458 e. The average Bonchev–Trinajstić information content (AvgIpc) is 2.85. The van der Waals surface area contributed by atoms with Gasteiger partial charge in [0.2, 0.25) is 0 Å². The molecule has 0 bridgehead atoms. The third-order valence-corrected chi connectivity index (χ3v) is 8.84. The minimum atomic E-state index is -3.34. The Balaban J connectivity index is 2.04. The molecule has 1 heterocycles. The van der Waals surface area contributed by atoms with E-state index >= 15 is 0 Å². The van der Waals surface area contributed by atoms with Crippen LogP contribution < -0.4 is 0 Å². The normalized spacial score (nSPS) is 25.9. The summed E-state index contributed by atoms with van der Waals surface area (Å²) in [6.07, 6.45) is 5.81. The summed E-state index contributed by atoms with van der Waals surface area (Å²) in [5, 5.41) is 20.6. The second-order valence-electron chi connectivity index (χ2n) is 10.3. The minimum absolute atomic E-state index is 0.0166. The molecule has 1 aliphatic carbocycles. The van der Waals surface area contributed by atoms with E-state index in [4.69, 9.17) is 4.74 Å². The van der Waals surface area contributed by atoms with Crippen LogP contribution in [0.2, 0.25) is 0 Å². The van der Waals surface area contributed by atoms with E-state index < -0.39 is 34.1 Å². The monoisotopic (exact) mass is 490 g/mol. The number of unbranched alkanes of at least 4 members (excludes halogenated alkanes) is 1. The molecular formula is C27H38O6S. The van der Waals surface area contributed by atoms with E-state index in [-0.39, 0.29) is 17.6 Å². The maximum atomic E-state index is 12.8. The highest BCUT2D eigenvalue weighted by molar-refractivity contribution is 7.91. The van der Waals surface area contributed by atoms with Gasteiger partial charge in [-0.3, -0.25) is 4.79 Å². The fourth-order valence-electron chi connectivity index (χ4n) is 4.88. The summed E-state index contributed by atoms with van der Waals surface area (Å²) < 4.78 is 30.9. The van der Waals surface area contributed by atoms with Crippen LogP contribution in [0, 0.1) is 12.3 Å². The zero-order valence-corrected chi connectivity index (χ0v) is 21.5. The maximum absolute atomic E-state index is 12.8. The Bertz CT molecular complexity index is 1070. The first kappa shape index (κ1) is 26.6. The Labute approximate surface area is 203 Å². The van der Waals surface area contributed by atoms with Crippen LogP contribution >= 0.6 is 0 Å². The second-order valence-corrected chi connectivity index (χ2v) is 12.4. The largest absolute Gasteiger partial charge is 0.458 e. The lowest BCUT2D eigenvalue weighted by Crippen LogP contribution is -2.31. The van der Waals surface area contributed by atoms with Crippen LogP contribution in [0.3, 0.4) is 0 Å². The molecule has 0 amide bonds. The fraction of sp³-hybridized carbons (Fsp3) is 0.593. The molecule has 1 aliphatic heterocycles. The molecule has 188 valence electrons. The Kier molecular flexibility index (Phi) is 8.43. The quantitative estimate of drug-likeness (QED) is 0.545. The van der Waals surface area contributed by atoms with E-state index in [2.05, 4.69) is 13.8 Å². The van der Waals surface area contributed by atoms with Gasteiger partial charge >= 0.3 is 5.97 Å². The predicted molar refractivity (Wildman–Crippen MR) is 133 cm³/mol. The van der Waals surface area contributed by atoms with Crippen LogP contribution in [0.15, 0.2) is 40.8 Å². The molecular weight excluding hydrogens is 452 g/mol. The van der Waals surface area contributed by atoms with Gasteiger partial charge in [0.15, 0.2) is 9.84 Å². The fourth-order valence-corrected chi connectivity index (χ4v) is 6.59. The van der Waals surface area contributed by atoms with Crippen molar-refractivity contribution in [2.75, 3.05) is 5.75 Å². The van der Waals surface area contributed by atoms with E-state index in [1.165, 1.54) is 0 Å². The molecule has 34 heavy (non-hydrogen) atoms. The summed E-state index contributed by atoms with van der Waals surface area (Å²) in [4.78, 5) is 12.1. The number of hydrogen-bond donors (Lipinski definition) is 2. The molecule has 6 nitrogen and oxygen atoms in total. The number of allylic oxidation sites excluding steroid dienone is 2. The summed E-state index contributed by atoms with van der Waals surface area (Å²) in [7, 11) is -3.34. The number of carbonyl (C=O) groups excluding carboxylic acids is 1. The molecule has 0 radical (unpaired) electrons. The highest BCUT2D eigenvalue weighted by Crippen LogP contribution is 2.43. The number of aliphatic hydroxyl groups excluding tert-OH is 2. The molecule has 2 N–H and O–H groups in total. The van der Waals surface area contributed by atoms with Crippen molar-refractivity contribution in [1.29, 1.82) is 0 Å². The molecule has 0 saturated carbocycles. The van der Waals surface area contributed by atoms with E-state index in [9.17, 15) is 23.4 Å². The van der Waals surface area contributed by atoms with Gasteiger partial charge in [-0.05, 0) is 72.4 Å². The smallest absolute Gasteiger partial charge is 0.309 e. The Morgan fingerprint density at radius 1 is 1.18 bits per heavy atom. The zero-order chi connectivity index (χ0) is 25.1. The summed E-state index contributed by atoms with van der Waals surface area (Å²) in [5.74, 6) is -0.272. The van der Waals surface area contributed by atoms with Crippen LogP contribution in [0.4, 0.5) is 0 Å². The van der Waals surface area contributed by atoms with Gasteiger partial charge in [-0.1, -0.05) is 45.4 Å². The first-order chi connectivity index (χ1) is 15.9. The van der Waals surface area contributed by atoms with E-state index in [1.54, 1.807) is 6.07 Å². The molecule has 1 fully saturated rings. The Morgan fingerprint density at radius 3 is 2.56 bits per heavy atom. The van der Waals surface area contributed by atoms with Crippen molar-refractivity contribution in [3.8, 4) is 0 Å². The molecule has 0 aromatic heterocycles. The highest BCUT2D eigenvalue weighted by atomic mass is 32.2. The van der Waals surface area contributed by atoms with Crippen molar-refractivity contribution in [2.45, 2.75) is 95.8 Å². The molecule has 1 aromatic carbocycles. The van der Waals surface area contributed by atoms with Crippen molar-refractivity contribution in [1.82, 2.24) is 0 Å². The van der Waals surface area contributed by atoms with Crippen LogP contribution in [-0.4, -0.2) is 48.7 Å². The third kappa shape index (κ3) is 6.37. The molecule has 1 aromatic rings. The number of aliphatic hydroxyl groups is 2. The predicted octanol–water partition coefficient (Wildman–Crippen LogP) is 4.52. The number of hydrogen-bond acceptors (Lipinski definition) is 6. The number of sulfone groups is 1. The Morgan fingerprint density at radius 2 is 1.91 bits per heavy atom. The molecule has 3 rings (SSSR count). The number of cyclic esters (lactones) is 1. The van der Waals surface area contributed by atoms with Gasteiger partial charge in [-0.2, -0.15) is 0 Å². The summed E-state index contributed by atoms with van der Waals surface area (Å²) >= 11 is 0. The maximum Gasteiger partial charge on any atom is 0.309 e. The van der Waals surface area contributed by atoms with Crippen molar-refractivity contribution >= 4 is 21.4 Å². The molecule has 0 spiro atoms. The van der Waals surface area contributed by atoms with Crippen LogP contribution in [0.5, 0.6) is 0 Å². The number of ether oxygens (including phenoxy) is 1. The number of benzene rings is 1.